The van der Waals surface area contributed by atoms with Gasteiger partial charge in [0, 0.05) is 10.0 Å². The molecule has 1 heterocycles. The van der Waals surface area contributed by atoms with Crippen molar-refractivity contribution in [1.29, 1.82) is 0 Å². The third-order valence-electron chi connectivity index (χ3n) is 4.06. The molecule has 2 aromatic carbocycles. The van der Waals surface area contributed by atoms with Gasteiger partial charge >= 0.3 is 0 Å². The van der Waals surface area contributed by atoms with Crippen LogP contribution < -0.4 is 20.1 Å². The Morgan fingerprint density at radius 1 is 1.12 bits per heavy atom. The molecule has 6 nitrogen and oxygen atoms in total. The standard InChI is InChI=1S/C19H19BrN2O4/c1-2-15(12-3-6-14(20)7-4-12)22-18(23)10-21-19(24)13-5-8-16-17(9-13)26-11-25-16/h3-9,15H,2,10-11H2,1H3,(H,21,24)(H,22,23)/t15-/m1/s1. The maximum Gasteiger partial charge on any atom is 0.251 e. The summed E-state index contributed by atoms with van der Waals surface area (Å²) >= 11 is 3.40. The van der Waals surface area contributed by atoms with Gasteiger partial charge in [-0.2, -0.15) is 0 Å². The lowest BCUT2D eigenvalue weighted by atomic mass is 10.0. The molecule has 3 rings (SSSR count). The smallest absolute Gasteiger partial charge is 0.251 e. The number of carbonyl (C=O) groups excluding carboxylic acids is 2. The Morgan fingerprint density at radius 3 is 2.58 bits per heavy atom. The van der Waals surface area contributed by atoms with Gasteiger partial charge in [0.2, 0.25) is 12.7 Å². The van der Waals surface area contributed by atoms with Crippen LogP contribution in [0.3, 0.4) is 0 Å². The van der Waals surface area contributed by atoms with Crippen LogP contribution in [0.5, 0.6) is 11.5 Å². The van der Waals surface area contributed by atoms with Crippen LogP contribution in [0.4, 0.5) is 0 Å². The molecule has 0 aromatic heterocycles. The average molecular weight is 419 g/mol. The van der Waals surface area contributed by atoms with Gasteiger partial charge in [0.05, 0.1) is 12.6 Å². The molecular formula is C19H19BrN2O4. The van der Waals surface area contributed by atoms with E-state index in [0.717, 1.165) is 16.5 Å². The molecule has 0 saturated carbocycles. The predicted molar refractivity (Wildman–Crippen MR) is 100 cm³/mol. The highest BCUT2D eigenvalue weighted by atomic mass is 79.9. The summed E-state index contributed by atoms with van der Waals surface area (Å²) in [6.45, 7) is 2.05. The quantitative estimate of drug-likeness (QED) is 0.754. The number of hydrogen-bond donors (Lipinski definition) is 2. The van der Waals surface area contributed by atoms with Gasteiger partial charge in [-0.3, -0.25) is 9.59 Å². The molecule has 0 aliphatic carbocycles. The number of ether oxygens (including phenoxy) is 2. The van der Waals surface area contributed by atoms with Crippen LogP contribution in [0, 0.1) is 0 Å². The lowest BCUT2D eigenvalue weighted by Crippen LogP contribution is -2.38. The van der Waals surface area contributed by atoms with E-state index in [2.05, 4.69) is 26.6 Å². The molecule has 1 aliphatic heterocycles. The molecule has 1 aliphatic rings. The van der Waals surface area contributed by atoms with E-state index in [4.69, 9.17) is 9.47 Å². The predicted octanol–water partition coefficient (Wildman–Crippen LogP) is 3.18. The van der Waals surface area contributed by atoms with Crippen LogP contribution in [-0.4, -0.2) is 25.2 Å². The van der Waals surface area contributed by atoms with E-state index in [9.17, 15) is 9.59 Å². The van der Waals surface area contributed by atoms with E-state index in [0.29, 0.717) is 17.1 Å². The van der Waals surface area contributed by atoms with Gasteiger partial charge in [0.15, 0.2) is 11.5 Å². The van der Waals surface area contributed by atoms with E-state index >= 15 is 0 Å². The number of benzene rings is 2. The summed E-state index contributed by atoms with van der Waals surface area (Å²) in [5.74, 6) is 0.562. The lowest BCUT2D eigenvalue weighted by Gasteiger charge is -2.18. The third kappa shape index (κ3) is 4.35. The number of carbonyl (C=O) groups is 2. The molecule has 0 unspecified atom stereocenters. The Balaban J connectivity index is 1.54. The zero-order chi connectivity index (χ0) is 18.5. The monoisotopic (exact) mass is 418 g/mol. The van der Waals surface area contributed by atoms with Crippen molar-refractivity contribution in [3.63, 3.8) is 0 Å². The largest absolute Gasteiger partial charge is 0.454 e. The zero-order valence-corrected chi connectivity index (χ0v) is 15.8. The second-order valence-corrected chi connectivity index (χ2v) is 6.75. The first-order chi connectivity index (χ1) is 12.6. The molecule has 136 valence electrons. The Morgan fingerprint density at radius 2 is 1.85 bits per heavy atom. The second kappa shape index (κ2) is 8.23. The maximum atomic E-state index is 12.2. The first kappa shape index (κ1) is 18.3. The summed E-state index contributed by atoms with van der Waals surface area (Å²) in [5, 5.41) is 5.56. The van der Waals surface area contributed by atoms with Crippen molar-refractivity contribution in [2.45, 2.75) is 19.4 Å². The number of fused-ring (bicyclic) bond motifs is 1. The fourth-order valence-electron chi connectivity index (χ4n) is 2.66. The van der Waals surface area contributed by atoms with Gasteiger partial charge in [0.25, 0.3) is 5.91 Å². The molecule has 0 spiro atoms. The Bertz CT molecular complexity index is 808. The van der Waals surface area contributed by atoms with E-state index < -0.39 is 0 Å². The van der Waals surface area contributed by atoms with Crippen LogP contribution in [0.15, 0.2) is 46.9 Å². The molecule has 0 fully saturated rings. The van der Waals surface area contributed by atoms with E-state index in [1.54, 1.807) is 18.2 Å². The van der Waals surface area contributed by atoms with Gasteiger partial charge < -0.3 is 20.1 Å². The van der Waals surface area contributed by atoms with E-state index in [1.807, 2.05) is 31.2 Å². The van der Waals surface area contributed by atoms with Gasteiger partial charge in [-0.25, -0.2) is 0 Å². The molecule has 0 bridgehead atoms. The molecule has 2 amide bonds. The number of nitrogens with one attached hydrogen (secondary N) is 2. The van der Waals surface area contributed by atoms with Crippen LogP contribution in [0.2, 0.25) is 0 Å². The van der Waals surface area contributed by atoms with Gasteiger partial charge in [-0.1, -0.05) is 35.0 Å². The van der Waals surface area contributed by atoms with Crippen molar-refractivity contribution in [3.8, 4) is 11.5 Å². The van der Waals surface area contributed by atoms with Gasteiger partial charge in [-0.15, -0.1) is 0 Å². The van der Waals surface area contributed by atoms with Gasteiger partial charge in [0.1, 0.15) is 0 Å². The van der Waals surface area contributed by atoms with Crippen molar-refractivity contribution < 1.29 is 19.1 Å². The highest BCUT2D eigenvalue weighted by molar-refractivity contribution is 9.10. The molecule has 2 aromatic rings. The minimum Gasteiger partial charge on any atom is -0.454 e. The molecular weight excluding hydrogens is 400 g/mol. The minimum absolute atomic E-state index is 0.0969. The average Bonchev–Trinajstić information content (AvgIpc) is 3.12. The van der Waals surface area contributed by atoms with Crippen LogP contribution in [0.25, 0.3) is 0 Å². The van der Waals surface area contributed by atoms with Crippen molar-refractivity contribution >= 4 is 27.7 Å². The minimum atomic E-state index is -0.338. The molecule has 0 saturated heterocycles. The summed E-state index contributed by atoms with van der Waals surface area (Å²) < 4.78 is 11.5. The first-order valence-electron chi connectivity index (χ1n) is 8.29. The first-order valence-corrected chi connectivity index (χ1v) is 9.09. The van der Waals surface area contributed by atoms with E-state index in [-0.39, 0.29) is 31.2 Å². The molecule has 2 N–H and O–H groups in total. The number of halogens is 1. The van der Waals surface area contributed by atoms with Crippen LogP contribution in [-0.2, 0) is 4.79 Å². The van der Waals surface area contributed by atoms with E-state index in [1.165, 1.54) is 0 Å². The molecule has 7 heteroatoms. The second-order valence-electron chi connectivity index (χ2n) is 5.83. The summed E-state index contributed by atoms with van der Waals surface area (Å²) in [4.78, 5) is 24.4. The van der Waals surface area contributed by atoms with Crippen molar-refractivity contribution in [2.75, 3.05) is 13.3 Å². The topological polar surface area (TPSA) is 76.7 Å². The Hall–Kier alpha value is -2.54. The normalized spacial score (nSPS) is 13.2. The van der Waals surface area contributed by atoms with Crippen molar-refractivity contribution in [3.05, 3.63) is 58.1 Å². The highest BCUT2D eigenvalue weighted by Gasteiger charge is 2.17. The Kier molecular flexibility index (Phi) is 5.78. The summed E-state index contributed by atoms with van der Waals surface area (Å²) in [6, 6.07) is 12.6. The summed E-state index contributed by atoms with van der Waals surface area (Å²) in [7, 11) is 0. The molecule has 1 atom stereocenters. The SMILES string of the molecule is CC[C@@H](NC(=O)CNC(=O)c1ccc2c(c1)OCO2)c1ccc(Br)cc1. The molecule has 26 heavy (non-hydrogen) atoms. The third-order valence-corrected chi connectivity index (χ3v) is 4.59. The van der Waals surface area contributed by atoms with Gasteiger partial charge in [-0.05, 0) is 42.3 Å². The van der Waals surface area contributed by atoms with Crippen LogP contribution in [0.1, 0.15) is 35.3 Å². The van der Waals surface area contributed by atoms with Crippen molar-refractivity contribution in [2.24, 2.45) is 0 Å². The molecule has 0 radical (unpaired) electrons. The highest BCUT2D eigenvalue weighted by Crippen LogP contribution is 2.32. The lowest BCUT2D eigenvalue weighted by molar-refractivity contribution is -0.120. The van der Waals surface area contributed by atoms with Crippen LogP contribution >= 0.6 is 15.9 Å². The number of hydrogen-bond acceptors (Lipinski definition) is 4. The zero-order valence-electron chi connectivity index (χ0n) is 14.3. The fraction of sp³-hybridized carbons (Fsp3) is 0.263. The number of amides is 2. The summed E-state index contributed by atoms with van der Waals surface area (Å²) in [5.41, 5.74) is 1.44. The summed E-state index contributed by atoms with van der Waals surface area (Å²) in [6.07, 6.45) is 0.753. The maximum absolute atomic E-state index is 12.2. The fourth-order valence-corrected chi connectivity index (χ4v) is 2.93. The Labute approximate surface area is 160 Å². The number of rotatable bonds is 6. The van der Waals surface area contributed by atoms with Crippen molar-refractivity contribution in [1.82, 2.24) is 10.6 Å².